The number of allylic oxidation sites excluding steroid dienone is 1. The van der Waals surface area contributed by atoms with E-state index >= 15 is 0 Å². The van der Waals surface area contributed by atoms with Crippen molar-refractivity contribution in [3.8, 4) is 0 Å². The van der Waals surface area contributed by atoms with E-state index in [2.05, 4.69) is 36.6 Å². The monoisotopic (exact) mass is 423 g/mol. The highest BCUT2D eigenvalue weighted by atomic mass is 79.9. The van der Waals surface area contributed by atoms with Gasteiger partial charge in [-0.05, 0) is 30.2 Å². The summed E-state index contributed by atoms with van der Waals surface area (Å²) in [7, 11) is 0. The molecule has 1 atom stereocenters. The van der Waals surface area contributed by atoms with Crippen molar-refractivity contribution in [2.24, 2.45) is 0 Å². The fraction of sp³-hybridized carbons (Fsp3) is 0.150. The molecule has 2 aromatic carbocycles. The van der Waals surface area contributed by atoms with Gasteiger partial charge in [0, 0.05) is 16.7 Å². The molecule has 6 nitrogen and oxygen atoms in total. The third-order valence-electron chi connectivity index (χ3n) is 4.52. The van der Waals surface area contributed by atoms with E-state index in [1.54, 1.807) is 4.68 Å². The molecule has 0 saturated carbocycles. The van der Waals surface area contributed by atoms with E-state index < -0.39 is 0 Å². The molecule has 1 amide bonds. The van der Waals surface area contributed by atoms with E-state index in [1.807, 2.05) is 61.5 Å². The third-order valence-corrected chi connectivity index (χ3v) is 5.05. The molecule has 1 aromatic heterocycles. The van der Waals surface area contributed by atoms with Gasteiger partial charge in [0.1, 0.15) is 12.4 Å². The van der Waals surface area contributed by atoms with E-state index in [-0.39, 0.29) is 11.9 Å². The van der Waals surface area contributed by atoms with Crippen LogP contribution in [0, 0.1) is 0 Å². The number of benzene rings is 2. The minimum atomic E-state index is -0.340. The molecule has 136 valence electrons. The predicted octanol–water partition coefficient (Wildman–Crippen LogP) is 3.65. The maximum absolute atomic E-state index is 13.1. The topological polar surface area (TPSA) is 71.8 Å². The van der Waals surface area contributed by atoms with Crippen LogP contribution in [0.1, 0.15) is 24.1 Å². The van der Waals surface area contributed by atoms with Gasteiger partial charge in [0.2, 0.25) is 5.95 Å². The van der Waals surface area contributed by atoms with Gasteiger partial charge in [0.15, 0.2) is 0 Å². The molecule has 2 heterocycles. The number of carbonyl (C=O) groups excluding carboxylic acids is 1. The Morgan fingerprint density at radius 2 is 1.93 bits per heavy atom. The fourth-order valence-electron chi connectivity index (χ4n) is 3.21. The van der Waals surface area contributed by atoms with Gasteiger partial charge in [-0.15, -0.1) is 0 Å². The van der Waals surface area contributed by atoms with Crippen LogP contribution in [0.5, 0.6) is 0 Å². The van der Waals surface area contributed by atoms with E-state index in [1.165, 1.54) is 6.33 Å². The van der Waals surface area contributed by atoms with Crippen molar-refractivity contribution in [1.82, 2.24) is 20.1 Å². The molecule has 7 heteroatoms. The van der Waals surface area contributed by atoms with Gasteiger partial charge in [-0.25, -0.2) is 4.68 Å². The highest BCUT2D eigenvalue weighted by Gasteiger charge is 2.33. The summed E-state index contributed by atoms with van der Waals surface area (Å²) in [6, 6.07) is 17.4. The van der Waals surface area contributed by atoms with Crippen molar-refractivity contribution in [3.05, 3.63) is 87.8 Å². The lowest BCUT2D eigenvalue weighted by molar-refractivity contribution is -0.118. The van der Waals surface area contributed by atoms with Gasteiger partial charge < -0.3 is 10.6 Å². The number of nitrogens with zero attached hydrogens (tertiary/aromatic N) is 3. The van der Waals surface area contributed by atoms with Crippen LogP contribution in [0.25, 0.3) is 0 Å². The largest absolute Gasteiger partial charge is 0.348 e. The van der Waals surface area contributed by atoms with Crippen LogP contribution in [0.3, 0.4) is 0 Å². The summed E-state index contributed by atoms with van der Waals surface area (Å²) in [6.45, 7) is 2.36. The normalized spacial score (nSPS) is 15.9. The summed E-state index contributed by atoms with van der Waals surface area (Å²) in [5.41, 5.74) is 3.42. The Balaban J connectivity index is 1.67. The highest BCUT2D eigenvalue weighted by molar-refractivity contribution is 9.10. The number of anilines is 1. The summed E-state index contributed by atoms with van der Waals surface area (Å²) in [6.07, 6.45) is 1.49. The lowest BCUT2D eigenvalue weighted by atomic mass is 9.95. The average Bonchev–Trinajstić information content (AvgIpc) is 3.14. The number of rotatable bonds is 4. The van der Waals surface area contributed by atoms with Gasteiger partial charge in [-0.3, -0.25) is 4.79 Å². The van der Waals surface area contributed by atoms with Crippen molar-refractivity contribution < 1.29 is 4.79 Å². The van der Waals surface area contributed by atoms with E-state index in [0.29, 0.717) is 18.1 Å². The van der Waals surface area contributed by atoms with E-state index in [9.17, 15) is 4.79 Å². The average molecular weight is 424 g/mol. The summed E-state index contributed by atoms with van der Waals surface area (Å²) in [4.78, 5) is 17.3. The minimum Gasteiger partial charge on any atom is -0.348 e. The Bertz CT molecular complexity index is 995. The Morgan fingerprint density at radius 3 is 2.67 bits per heavy atom. The molecule has 0 aliphatic carbocycles. The smallest absolute Gasteiger partial charge is 0.251 e. The summed E-state index contributed by atoms with van der Waals surface area (Å²) in [5.74, 6) is 0.498. The number of aromatic nitrogens is 3. The summed E-state index contributed by atoms with van der Waals surface area (Å²) < 4.78 is 2.72. The molecule has 0 radical (unpaired) electrons. The van der Waals surface area contributed by atoms with Gasteiger partial charge in [-0.2, -0.15) is 10.1 Å². The molecule has 2 N–H and O–H groups in total. The minimum absolute atomic E-state index is 0.127. The first-order chi connectivity index (χ1) is 13.1. The number of carbonyl (C=O) groups is 1. The van der Waals surface area contributed by atoms with Gasteiger partial charge in [0.25, 0.3) is 5.91 Å². The zero-order valence-electron chi connectivity index (χ0n) is 14.7. The molecule has 1 aliphatic heterocycles. The predicted molar refractivity (Wildman–Crippen MR) is 107 cm³/mol. The zero-order valence-corrected chi connectivity index (χ0v) is 16.3. The Labute approximate surface area is 165 Å². The van der Waals surface area contributed by atoms with Crippen LogP contribution >= 0.6 is 15.9 Å². The standard InChI is InChI=1S/C20H18BrN5O/c1-13-17(19(27)22-11-14-5-3-2-4-6-14)18(15-7-9-16(21)10-8-15)26-20(25-13)23-12-24-26/h2-10,12,18H,11H2,1H3,(H,22,27)(H,23,24,25)/t18-/m1/s1. The van der Waals surface area contributed by atoms with Gasteiger partial charge in [0.05, 0.1) is 5.57 Å². The maximum atomic E-state index is 13.1. The second-order valence-corrected chi connectivity index (χ2v) is 7.23. The number of amides is 1. The highest BCUT2D eigenvalue weighted by Crippen LogP contribution is 2.35. The van der Waals surface area contributed by atoms with Crippen molar-refractivity contribution >= 4 is 27.8 Å². The SMILES string of the molecule is CC1=C(C(=O)NCc2ccccc2)[C@@H](c2ccc(Br)cc2)n2ncnc2N1. The number of halogens is 1. The van der Waals surface area contributed by atoms with Crippen LogP contribution in [-0.2, 0) is 11.3 Å². The molecular formula is C20H18BrN5O. The second kappa shape index (κ2) is 7.36. The molecule has 3 aromatic rings. The van der Waals surface area contributed by atoms with Crippen LogP contribution in [0.2, 0.25) is 0 Å². The van der Waals surface area contributed by atoms with Crippen molar-refractivity contribution in [2.45, 2.75) is 19.5 Å². The number of hydrogen-bond acceptors (Lipinski definition) is 4. The zero-order chi connectivity index (χ0) is 18.8. The number of nitrogens with one attached hydrogen (secondary N) is 2. The Kier molecular flexibility index (Phi) is 4.77. The van der Waals surface area contributed by atoms with E-state index in [4.69, 9.17) is 0 Å². The van der Waals surface area contributed by atoms with Crippen LogP contribution in [0.15, 0.2) is 76.7 Å². The quantitative estimate of drug-likeness (QED) is 0.671. The van der Waals surface area contributed by atoms with Crippen LogP contribution < -0.4 is 10.6 Å². The molecule has 0 spiro atoms. The van der Waals surface area contributed by atoms with Crippen LogP contribution in [-0.4, -0.2) is 20.7 Å². The summed E-state index contributed by atoms with van der Waals surface area (Å²) >= 11 is 3.46. The molecule has 0 bridgehead atoms. The molecule has 0 fully saturated rings. The van der Waals surface area contributed by atoms with Gasteiger partial charge >= 0.3 is 0 Å². The van der Waals surface area contributed by atoms with Crippen molar-refractivity contribution in [1.29, 1.82) is 0 Å². The first-order valence-electron chi connectivity index (χ1n) is 8.58. The molecule has 0 unspecified atom stereocenters. The lowest BCUT2D eigenvalue weighted by Gasteiger charge is -2.28. The number of hydrogen-bond donors (Lipinski definition) is 2. The molecular weight excluding hydrogens is 406 g/mol. The maximum Gasteiger partial charge on any atom is 0.251 e. The molecule has 0 saturated heterocycles. The number of fused-ring (bicyclic) bond motifs is 1. The van der Waals surface area contributed by atoms with Crippen LogP contribution in [0.4, 0.5) is 5.95 Å². The molecule has 4 rings (SSSR count). The van der Waals surface area contributed by atoms with Crippen molar-refractivity contribution in [2.75, 3.05) is 5.32 Å². The van der Waals surface area contributed by atoms with E-state index in [0.717, 1.165) is 21.3 Å². The van der Waals surface area contributed by atoms with Crippen molar-refractivity contribution in [3.63, 3.8) is 0 Å². The Hall–Kier alpha value is -2.93. The first-order valence-corrected chi connectivity index (χ1v) is 9.37. The summed E-state index contributed by atoms with van der Waals surface area (Å²) in [5, 5.41) is 10.5. The molecule has 1 aliphatic rings. The third kappa shape index (κ3) is 3.50. The lowest BCUT2D eigenvalue weighted by Crippen LogP contribution is -2.34. The Morgan fingerprint density at radius 1 is 1.19 bits per heavy atom. The fourth-order valence-corrected chi connectivity index (χ4v) is 3.48. The molecule has 27 heavy (non-hydrogen) atoms. The first kappa shape index (κ1) is 17.5. The van der Waals surface area contributed by atoms with Gasteiger partial charge in [-0.1, -0.05) is 58.4 Å². The second-order valence-electron chi connectivity index (χ2n) is 6.31.